The van der Waals surface area contributed by atoms with Crippen molar-refractivity contribution in [1.29, 1.82) is 0 Å². The summed E-state index contributed by atoms with van der Waals surface area (Å²) < 4.78 is 0. The molecule has 0 amide bonds. The molecule has 8 heteroatoms. The molecule has 0 aliphatic carbocycles. The number of phenolic OH excluding ortho intramolecular Hbond substituents is 1. The van der Waals surface area contributed by atoms with Crippen molar-refractivity contribution >= 4 is 39.7 Å². The number of nitro groups is 1. The number of aryl methyl sites for hydroxylation is 2. The number of fused-ring (bicyclic) bond motifs is 1. The zero-order valence-corrected chi connectivity index (χ0v) is 17.1. The molecule has 31 heavy (non-hydrogen) atoms. The Morgan fingerprint density at radius 1 is 0.968 bits per heavy atom. The summed E-state index contributed by atoms with van der Waals surface area (Å²) in [5.74, 6) is 1.08. The fourth-order valence-corrected chi connectivity index (χ4v) is 3.25. The number of anilines is 4. The Labute approximate surface area is 178 Å². The molecule has 3 N–H and O–H groups in total. The Hall–Kier alpha value is -4.20. The lowest BCUT2D eigenvalue weighted by Crippen LogP contribution is -2.04. The van der Waals surface area contributed by atoms with Gasteiger partial charge in [0, 0.05) is 23.5 Å². The third kappa shape index (κ3) is 4.37. The van der Waals surface area contributed by atoms with E-state index in [-0.39, 0.29) is 11.4 Å². The molecule has 0 aliphatic heterocycles. The molecule has 0 atom stereocenters. The van der Waals surface area contributed by atoms with Crippen LogP contribution < -0.4 is 10.6 Å². The second-order valence-electron chi connectivity index (χ2n) is 7.15. The van der Waals surface area contributed by atoms with Crippen LogP contribution >= 0.6 is 0 Å². The lowest BCUT2D eigenvalue weighted by atomic mass is 10.1. The van der Waals surface area contributed by atoms with E-state index in [0.717, 1.165) is 23.4 Å². The van der Waals surface area contributed by atoms with Crippen molar-refractivity contribution in [3.63, 3.8) is 0 Å². The predicted octanol–water partition coefficient (Wildman–Crippen LogP) is 5.60. The van der Waals surface area contributed by atoms with Gasteiger partial charge in [-0.25, -0.2) is 9.97 Å². The largest absolute Gasteiger partial charge is 0.508 e. The van der Waals surface area contributed by atoms with Gasteiger partial charge in [0.15, 0.2) is 11.6 Å². The second-order valence-corrected chi connectivity index (χ2v) is 7.15. The van der Waals surface area contributed by atoms with Gasteiger partial charge in [-0.05, 0) is 60.9 Å². The van der Waals surface area contributed by atoms with Crippen LogP contribution in [0.5, 0.6) is 5.75 Å². The van der Waals surface area contributed by atoms with Gasteiger partial charge < -0.3 is 15.7 Å². The van der Waals surface area contributed by atoms with Crippen molar-refractivity contribution in [2.24, 2.45) is 0 Å². The number of non-ortho nitro benzene ring substituents is 1. The number of hydrogen-bond acceptors (Lipinski definition) is 7. The van der Waals surface area contributed by atoms with Gasteiger partial charge >= 0.3 is 0 Å². The summed E-state index contributed by atoms with van der Waals surface area (Å²) in [6.07, 6.45) is 0.892. The smallest absolute Gasteiger partial charge is 0.271 e. The monoisotopic (exact) mass is 415 g/mol. The maximum absolute atomic E-state index is 11.2. The number of benzene rings is 3. The molecule has 0 saturated heterocycles. The molecule has 1 aromatic heterocycles. The normalized spacial score (nSPS) is 10.8. The predicted molar refractivity (Wildman–Crippen MR) is 121 cm³/mol. The van der Waals surface area contributed by atoms with Crippen molar-refractivity contribution in [2.45, 2.75) is 20.3 Å². The van der Waals surface area contributed by atoms with E-state index in [0.29, 0.717) is 22.7 Å². The van der Waals surface area contributed by atoms with Crippen LogP contribution in [0.4, 0.5) is 28.7 Å². The molecule has 0 unspecified atom stereocenters. The summed E-state index contributed by atoms with van der Waals surface area (Å²) >= 11 is 0. The highest BCUT2D eigenvalue weighted by molar-refractivity contribution is 5.85. The molecule has 4 rings (SSSR count). The van der Waals surface area contributed by atoms with E-state index in [1.165, 1.54) is 17.7 Å². The van der Waals surface area contributed by atoms with Gasteiger partial charge in [-0.3, -0.25) is 10.1 Å². The number of hydrogen-bond donors (Lipinski definition) is 3. The molecule has 8 nitrogen and oxygen atoms in total. The number of rotatable bonds is 6. The van der Waals surface area contributed by atoms with Gasteiger partial charge in [-0.1, -0.05) is 19.1 Å². The summed E-state index contributed by atoms with van der Waals surface area (Å²) in [4.78, 5) is 20.0. The van der Waals surface area contributed by atoms with Gasteiger partial charge in [0.25, 0.3) is 5.69 Å². The Morgan fingerprint density at radius 2 is 1.74 bits per heavy atom. The van der Waals surface area contributed by atoms with Crippen molar-refractivity contribution in [2.75, 3.05) is 10.6 Å². The molecule has 156 valence electrons. The first-order chi connectivity index (χ1) is 14.9. The summed E-state index contributed by atoms with van der Waals surface area (Å²) in [5, 5.41) is 27.4. The third-order valence-corrected chi connectivity index (χ3v) is 4.92. The summed E-state index contributed by atoms with van der Waals surface area (Å²) in [5.41, 5.74) is 4.50. The zero-order valence-electron chi connectivity index (χ0n) is 17.1. The minimum absolute atomic E-state index is 0.0455. The van der Waals surface area contributed by atoms with Crippen LogP contribution in [0.15, 0.2) is 60.7 Å². The zero-order chi connectivity index (χ0) is 22.0. The van der Waals surface area contributed by atoms with Crippen LogP contribution in [0.1, 0.15) is 18.1 Å². The number of nitrogens with one attached hydrogen (secondary N) is 2. The van der Waals surface area contributed by atoms with Crippen LogP contribution in [-0.2, 0) is 6.42 Å². The number of phenols is 1. The highest BCUT2D eigenvalue weighted by atomic mass is 16.6. The standard InChI is InChI=1S/C23H21N5O3/c1-3-15-5-4-6-16(12-15)24-22-23(25-19-10-8-18(29)11-14(19)2)26-20-9-7-17(28(30)31)13-21(20)27-22/h4-13,29H,3H2,1-2H3,(H,24,27)(H,25,26). The van der Waals surface area contributed by atoms with Gasteiger partial charge in [0.2, 0.25) is 0 Å². The number of aromatic hydroxyl groups is 1. The van der Waals surface area contributed by atoms with Gasteiger partial charge in [0.1, 0.15) is 5.75 Å². The fraction of sp³-hybridized carbons (Fsp3) is 0.130. The van der Waals surface area contributed by atoms with E-state index < -0.39 is 4.92 Å². The highest BCUT2D eigenvalue weighted by Crippen LogP contribution is 2.31. The van der Waals surface area contributed by atoms with Crippen LogP contribution in [0.25, 0.3) is 11.0 Å². The summed E-state index contributed by atoms with van der Waals surface area (Å²) in [7, 11) is 0. The van der Waals surface area contributed by atoms with Gasteiger partial charge in [-0.2, -0.15) is 0 Å². The molecule has 1 heterocycles. The topological polar surface area (TPSA) is 113 Å². The Balaban J connectivity index is 1.81. The molecule has 3 aromatic carbocycles. The summed E-state index contributed by atoms with van der Waals surface area (Å²) in [6, 6.07) is 17.3. The molecular weight excluding hydrogens is 394 g/mol. The molecule has 0 bridgehead atoms. The van der Waals surface area contributed by atoms with Gasteiger partial charge in [0.05, 0.1) is 16.0 Å². The van der Waals surface area contributed by atoms with E-state index in [1.807, 2.05) is 31.2 Å². The van der Waals surface area contributed by atoms with Crippen LogP contribution in [0, 0.1) is 17.0 Å². The van der Waals surface area contributed by atoms with E-state index in [4.69, 9.17) is 0 Å². The minimum atomic E-state index is -0.453. The van der Waals surface area contributed by atoms with Crippen LogP contribution in [0.3, 0.4) is 0 Å². The van der Waals surface area contributed by atoms with Crippen molar-refractivity contribution < 1.29 is 10.0 Å². The molecule has 0 fully saturated rings. The highest BCUT2D eigenvalue weighted by Gasteiger charge is 2.14. The fourth-order valence-electron chi connectivity index (χ4n) is 3.25. The minimum Gasteiger partial charge on any atom is -0.508 e. The maximum atomic E-state index is 11.2. The van der Waals surface area contributed by atoms with E-state index >= 15 is 0 Å². The molecule has 0 radical (unpaired) electrons. The lowest BCUT2D eigenvalue weighted by Gasteiger charge is -2.15. The Kier molecular flexibility index (Phi) is 5.36. The van der Waals surface area contributed by atoms with E-state index in [9.17, 15) is 15.2 Å². The first-order valence-corrected chi connectivity index (χ1v) is 9.81. The molecular formula is C23H21N5O3. The average Bonchev–Trinajstić information content (AvgIpc) is 2.75. The number of nitrogens with zero attached hydrogens (tertiary/aromatic N) is 3. The number of aromatic nitrogens is 2. The summed E-state index contributed by atoms with van der Waals surface area (Å²) in [6.45, 7) is 3.95. The first kappa shape index (κ1) is 20.1. The van der Waals surface area contributed by atoms with E-state index in [1.54, 1.807) is 24.3 Å². The quantitative estimate of drug-likeness (QED) is 0.213. The van der Waals surface area contributed by atoms with Crippen molar-refractivity contribution in [1.82, 2.24) is 9.97 Å². The molecule has 0 aliphatic rings. The second kappa shape index (κ2) is 8.27. The number of nitro benzene ring substituents is 1. The lowest BCUT2D eigenvalue weighted by molar-refractivity contribution is -0.384. The first-order valence-electron chi connectivity index (χ1n) is 9.81. The Bertz CT molecular complexity index is 1290. The van der Waals surface area contributed by atoms with Gasteiger partial charge in [-0.15, -0.1) is 0 Å². The Morgan fingerprint density at radius 3 is 2.48 bits per heavy atom. The SMILES string of the molecule is CCc1cccc(Nc2nc3cc([N+](=O)[O-])ccc3nc2Nc2ccc(O)cc2C)c1. The van der Waals surface area contributed by atoms with Crippen molar-refractivity contribution in [3.8, 4) is 5.75 Å². The molecule has 0 saturated carbocycles. The molecule has 4 aromatic rings. The van der Waals surface area contributed by atoms with E-state index in [2.05, 4.69) is 27.5 Å². The molecule has 0 spiro atoms. The van der Waals surface area contributed by atoms with Crippen molar-refractivity contribution in [3.05, 3.63) is 81.9 Å². The average molecular weight is 415 g/mol. The maximum Gasteiger partial charge on any atom is 0.271 e. The van der Waals surface area contributed by atoms with Crippen LogP contribution in [-0.4, -0.2) is 20.0 Å². The van der Waals surface area contributed by atoms with Crippen LogP contribution in [0.2, 0.25) is 0 Å². The third-order valence-electron chi connectivity index (χ3n) is 4.92.